The van der Waals surface area contributed by atoms with E-state index in [1.165, 1.54) is 0 Å². The van der Waals surface area contributed by atoms with E-state index in [0.29, 0.717) is 12.8 Å². The normalized spacial score (nSPS) is 13.6. The first kappa shape index (κ1) is 17.9. The molecule has 2 atom stereocenters. The van der Waals surface area contributed by atoms with Gasteiger partial charge in [-0.25, -0.2) is 0 Å². The molecule has 0 radical (unpaired) electrons. The maximum Gasteiger partial charge on any atom is 0.306 e. The fourth-order valence-corrected chi connectivity index (χ4v) is 3.54. The fraction of sp³-hybridized carbons (Fsp3) is 0.273. The van der Waals surface area contributed by atoms with E-state index < -0.39 is 23.8 Å². The van der Waals surface area contributed by atoms with Gasteiger partial charge in [-0.2, -0.15) is 0 Å². The summed E-state index contributed by atoms with van der Waals surface area (Å²) in [4.78, 5) is 22.8. The lowest BCUT2D eigenvalue weighted by atomic mass is 9.85. The summed E-state index contributed by atoms with van der Waals surface area (Å²) < 4.78 is 0. The molecule has 0 amide bonds. The van der Waals surface area contributed by atoms with Crippen molar-refractivity contribution in [2.24, 2.45) is 11.8 Å². The van der Waals surface area contributed by atoms with Crippen LogP contribution >= 0.6 is 0 Å². The molecule has 0 aromatic heterocycles. The largest absolute Gasteiger partial charge is 0.481 e. The number of hydrogen-bond donors (Lipinski definition) is 2. The van der Waals surface area contributed by atoms with E-state index >= 15 is 0 Å². The molecule has 2 unspecified atom stereocenters. The molecule has 26 heavy (non-hydrogen) atoms. The predicted molar refractivity (Wildman–Crippen MR) is 102 cm³/mol. The third-order valence-corrected chi connectivity index (χ3v) is 5.02. The standard InChI is InChI=1S/C22H22O4/c1-13(21(23)24)11-19-15-7-3-5-9-17(15)20(12-14(2)22(25)26)18-10-6-4-8-16(18)19/h3-10,13-14H,11-12H2,1-2H3,(H,23,24)(H,25,26). The van der Waals surface area contributed by atoms with E-state index in [0.717, 1.165) is 32.7 Å². The summed E-state index contributed by atoms with van der Waals surface area (Å²) in [7, 11) is 0. The predicted octanol–water partition coefficient (Wildman–Crippen LogP) is 4.52. The molecule has 0 saturated heterocycles. The summed E-state index contributed by atoms with van der Waals surface area (Å²) in [6.07, 6.45) is 0.871. The van der Waals surface area contributed by atoms with Gasteiger partial charge in [-0.1, -0.05) is 62.4 Å². The second-order valence-electron chi connectivity index (χ2n) is 6.94. The first-order valence-corrected chi connectivity index (χ1v) is 8.77. The van der Waals surface area contributed by atoms with Gasteiger partial charge in [0.2, 0.25) is 0 Å². The number of carboxylic acid groups (broad SMARTS) is 2. The summed E-state index contributed by atoms with van der Waals surface area (Å²) in [6.45, 7) is 3.43. The summed E-state index contributed by atoms with van der Waals surface area (Å²) in [5.74, 6) is -2.63. The zero-order chi connectivity index (χ0) is 18.8. The molecular formula is C22H22O4. The van der Waals surface area contributed by atoms with Crippen LogP contribution in [0.4, 0.5) is 0 Å². The molecule has 3 aromatic carbocycles. The van der Waals surface area contributed by atoms with Crippen molar-refractivity contribution in [3.63, 3.8) is 0 Å². The molecule has 0 saturated carbocycles. The number of fused-ring (bicyclic) bond motifs is 2. The van der Waals surface area contributed by atoms with Crippen molar-refractivity contribution in [2.75, 3.05) is 0 Å². The molecule has 134 valence electrons. The number of carboxylic acids is 2. The molecule has 0 aliphatic rings. The Morgan fingerprint density at radius 2 is 0.962 bits per heavy atom. The van der Waals surface area contributed by atoms with E-state index in [2.05, 4.69) is 0 Å². The Balaban J connectivity index is 2.31. The van der Waals surface area contributed by atoms with Crippen LogP contribution in [-0.4, -0.2) is 22.2 Å². The van der Waals surface area contributed by atoms with E-state index in [1.54, 1.807) is 13.8 Å². The lowest BCUT2D eigenvalue weighted by Gasteiger charge is -2.19. The van der Waals surface area contributed by atoms with Gasteiger partial charge in [0, 0.05) is 0 Å². The quantitative estimate of drug-likeness (QED) is 0.641. The molecule has 0 fully saturated rings. The Labute approximate surface area is 152 Å². The Kier molecular flexibility index (Phi) is 4.94. The summed E-state index contributed by atoms with van der Waals surface area (Å²) >= 11 is 0. The van der Waals surface area contributed by atoms with Gasteiger partial charge in [0.05, 0.1) is 11.8 Å². The summed E-state index contributed by atoms with van der Waals surface area (Å²) in [5, 5.41) is 22.7. The van der Waals surface area contributed by atoms with Gasteiger partial charge in [0.15, 0.2) is 0 Å². The second kappa shape index (κ2) is 7.16. The summed E-state index contributed by atoms with van der Waals surface area (Å²) in [6, 6.07) is 15.8. The zero-order valence-electron chi connectivity index (χ0n) is 14.9. The van der Waals surface area contributed by atoms with Crippen LogP contribution in [0.1, 0.15) is 25.0 Å². The number of carbonyl (C=O) groups is 2. The highest BCUT2D eigenvalue weighted by Crippen LogP contribution is 2.35. The maximum atomic E-state index is 11.4. The minimum atomic E-state index is -0.818. The van der Waals surface area contributed by atoms with E-state index in [-0.39, 0.29) is 0 Å². The third-order valence-electron chi connectivity index (χ3n) is 5.02. The van der Waals surface area contributed by atoms with Gasteiger partial charge in [-0.05, 0) is 45.5 Å². The van der Waals surface area contributed by atoms with Gasteiger partial charge in [0.1, 0.15) is 0 Å². The minimum Gasteiger partial charge on any atom is -0.481 e. The van der Waals surface area contributed by atoms with Crippen molar-refractivity contribution in [3.8, 4) is 0 Å². The smallest absolute Gasteiger partial charge is 0.306 e. The third kappa shape index (κ3) is 3.27. The minimum absolute atomic E-state index is 0.436. The average molecular weight is 350 g/mol. The van der Waals surface area contributed by atoms with Crippen LogP contribution in [0.25, 0.3) is 21.5 Å². The van der Waals surface area contributed by atoms with Crippen molar-refractivity contribution < 1.29 is 19.8 Å². The van der Waals surface area contributed by atoms with Gasteiger partial charge in [-0.15, -0.1) is 0 Å². The molecule has 0 spiro atoms. The highest BCUT2D eigenvalue weighted by Gasteiger charge is 2.21. The van der Waals surface area contributed by atoms with Crippen molar-refractivity contribution in [1.82, 2.24) is 0 Å². The SMILES string of the molecule is CC(Cc1c2ccccc2c(CC(C)C(=O)O)c2ccccc12)C(=O)O. The summed E-state index contributed by atoms with van der Waals surface area (Å²) in [5.41, 5.74) is 2.02. The van der Waals surface area contributed by atoms with Crippen LogP contribution in [0.2, 0.25) is 0 Å². The Bertz CT molecular complexity index is 853. The molecule has 2 N–H and O–H groups in total. The number of hydrogen-bond acceptors (Lipinski definition) is 2. The molecular weight excluding hydrogens is 328 g/mol. The van der Waals surface area contributed by atoms with Crippen molar-refractivity contribution in [3.05, 3.63) is 59.7 Å². The van der Waals surface area contributed by atoms with Gasteiger partial charge in [0.25, 0.3) is 0 Å². The molecule has 3 rings (SSSR count). The molecule has 0 heterocycles. The Morgan fingerprint density at radius 3 is 1.19 bits per heavy atom. The van der Waals surface area contributed by atoms with Crippen molar-refractivity contribution in [2.45, 2.75) is 26.7 Å². The van der Waals surface area contributed by atoms with Gasteiger partial charge < -0.3 is 10.2 Å². The van der Waals surface area contributed by atoms with Crippen molar-refractivity contribution >= 4 is 33.5 Å². The highest BCUT2D eigenvalue weighted by atomic mass is 16.4. The molecule has 0 bridgehead atoms. The van der Waals surface area contributed by atoms with Crippen LogP contribution in [-0.2, 0) is 22.4 Å². The van der Waals surface area contributed by atoms with Gasteiger partial charge >= 0.3 is 11.9 Å². The Hall–Kier alpha value is -2.88. The molecule has 4 nitrogen and oxygen atoms in total. The average Bonchev–Trinajstić information content (AvgIpc) is 2.63. The van der Waals surface area contributed by atoms with Crippen LogP contribution < -0.4 is 0 Å². The molecule has 4 heteroatoms. The van der Waals surface area contributed by atoms with Crippen LogP contribution in [0.15, 0.2) is 48.5 Å². The lowest BCUT2D eigenvalue weighted by molar-refractivity contribution is -0.142. The number of aliphatic carboxylic acids is 2. The highest BCUT2D eigenvalue weighted by molar-refractivity contribution is 6.06. The first-order valence-electron chi connectivity index (χ1n) is 8.77. The zero-order valence-corrected chi connectivity index (χ0v) is 14.9. The van der Waals surface area contributed by atoms with E-state index in [9.17, 15) is 19.8 Å². The van der Waals surface area contributed by atoms with Crippen LogP contribution in [0.3, 0.4) is 0 Å². The molecule has 3 aromatic rings. The number of benzene rings is 3. The fourth-order valence-electron chi connectivity index (χ4n) is 3.54. The molecule has 0 aliphatic heterocycles. The topological polar surface area (TPSA) is 74.6 Å². The molecule has 0 aliphatic carbocycles. The number of rotatable bonds is 6. The second-order valence-corrected chi connectivity index (χ2v) is 6.94. The first-order chi connectivity index (χ1) is 12.4. The van der Waals surface area contributed by atoms with Crippen LogP contribution in [0, 0.1) is 11.8 Å². The van der Waals surface area contributed by atoms with Gasteiger partial charge in [-0.3, -0.25) is 9.59 Å². The van der Waals surface area contributed by atoms with E-state index in [4.69, 9.17) is 0 Å². The maximum absolute atomic E-state index is 11.4. The van der Waals surface area contributed by atoms with E-state index in [1.807, 2.05) is 48.5 Å². The monoisotopic (exact) mass is 350 g/mol. The lowest BCUT2D eigenvalue weighted by Crippen LogP contribution is -2.14. The Morgan fingerprint density at radius 1 is 0.692 bits per heavy atom. The van der Waals surface area contributed by atoms with Crippen molar-refractivity contribution in [1.29, 1.82) is 0 Å². The van der Waals surface area contributed by atoms with Crippen LogP contribution in [0.5, 0.6) is 0 Å².